The van der Waals surface area contributed by atoms with Crippen LogP contribution in [0.15, 0.2) is 90.5 Å². The maximum absolute atomic E-state index is 14.3. The van der Waals surface area contributed by atoms with E-state index in [0.29, 0.717) is 24.9 Å². The molecule has 6 rings (SSSR count). The number of alkyl halides is 3. The average Bonchev–Trinajstić information content (AvgIpc) is 3.21. The Morgan fingerprint density at radius 1 is 0.732 bits per heavy atom. The Bertz CT molecular complexity index is 1700. The van der Waals surface area contributed by atoms with Crippen molar-refractivity contribution >= 4 is 58.0 Å². The number of hydrogen-bond acceptors (Lipinski definition) is 5. The molecule has 0 saturated carbocycles. The maximum atomic E-state index is 14.3. The van der Waals surface area contributed by atoms with E-state index in [9.17, 15) is 14.0 Å². The Hall–Kier alpha value is -3.14. The van der Waals surface area contributed by atoms with Gasteiger partial charge in [-0.05, 0) is 158 Å². The number of amides is 2. The molecule has 1 N–H and O–H groups in total. The summed E-state index contributed by atoms with van der Waals surface area (Å²) in [5.74, 6) is -1.18. The van der Waals surface area contributed by atoms with E-state index < -0.39 is 15.2 Å². The lowest BCUT2D eigenvalue weighted by atomic mass is 9.79. The molecule has 2 fully saturated rings. The van der Waals surface area contributed by atoms with Crippen LogP contribution in [0.5, 0.6) is 0 Å². The molecule has 56 heavy (non-hydrogen) atoms. The second-order valence-corrected chi connectivity index (χ2v) is 18.1. The topological polar surface area (TPSA) is 59.1 Å². The van der Waals surface area contributed by atoms with Crippen molar-refractivity contribution in [3.63, 3.8) is 0 Å². The van der Waals surface area contributed by atoms with Crippen LogP contribution in [0.25, 0.3) is 0 Å². The van der Waals surface area contributed by atoms with Crippen molar-refractivity contribution < 1.29 is 14.0 Å². The number of carbonyl (C=O) groups is 2. The molecule has 0 spiro atoms. The lowest BCUT2D eigenvalue weighted by Crippen LogP contribution is -2.53. The molecule has 11 heteroatoms. The second-order valence-electron chi connectivity index (χ2n) is 15.8. The van der Waals surface area contributed by atoms with Gasteiger partial charge in [-0.2, -0.15) is 0 Å². The van der Waals surface area contributed by atoms with Gasteiger partial charge >= 0.3 is 0 Å². The number of halogens is 4. The van der Waals surface area contributed by atoms with Crippen LogP contribution in [-0.2, 0) is 11.2 Å². The van der Waals surface area contributed by atoms with Gasteiger partial charge in [0, 0.05) is 36.6 Å². The first-order valence-corrected chi connectivity index (χ1v) is 21.7. The third-order valence-corrected chi connectivity index (χ3v) is 12.0. The van der Waals surface area contributed by atoms with Crippen molar-refractivity contribution in [2.75, 3.05) is 68.7 Å². The lowest BCUT2D eigenvalue weighted by molar-refractivity contribution is -0.121. The Labute approximate surface area is 348 Å². The first-order chi connectivity index (χ1) is 27.1. The Morgan fingerprint density at radius 3 is 1.88 bits per heavy atom. The van der Waals surface area contributed by atoms with E-state index in [4.69, 9.17) is 34.8 Å². The highest BCUT2D eigenvalue weighted by molar-refractivity contribution is 6.76. The zero-order chi connectivity index (χ0) is 39.4. The fraction of sp³-hybridized carbons (Fsp3) is 0.511. The third kappa shape index (κ3) is 12.4. The third-order valence-electron chi connectivity index (χ3n) is 11.5. The molecule has 2 heterocycles. The Kier molecular flexibility index (Phi) is 15.6. The van der Waals surface area contributed by atoms with Crippen LogP contribution in [0.1, 0.15) is 86.6 Å². The molecule has 7 nitrogen and oxygen atoms in total. The molecule has 0 aromatic heterocycles. The van der Waals surface area contributed by atoms with Gasteiger partial charge in [0.1, 0.15) is 5.82 Å². The molecule has 302 valence electrons. The number of nitrogens with one attached hydrogen (secondary N) is 1. The predicted molar refractivity (Wildman–Crippen MR) is 230 cm³/mol. The number of hydrogen-bond donors (Lipinski definition) is 1. The van der Waals surface area contributed by atoms with Gasteiger partial charge in [0.25, 0.3) is 15.6 Å². The summed E-state index contributed by atoms with van der Waals surface area (Å²) >= 11 is 18.1. The Morgan fingerprint density at radius 2 is 1.30 bits per heavy atom. The van der Waals surface area contributed by atoms with Gasteiger partial charge in [0.2, 0.25) is 0 Å². The predicted octanol–water partition coefficient (Wildman–Crippen LogP) is 9.61. The summed E-state index contributed by atoms with van der Waals surface area (Å²) in [4.78, 5) is 37.1. The van der Waals surface area contributed by atoms with E-state index in [-0.39, 0.29) is 11.7 Å². The number of likely N-dealkylation sites (tertiary alicyclic amines) is 2. The van der Waals surface area contributed by atoms with E-state index in [0.717, 1.165) is 68.7 Å². The van der Waals surface area contributed by atoms with Crippen LogP contribution < -0.4 is 15.1 Å². The number of carbonyl (C=O) groups excluding carboxylic acids is 2. The summed E-state index contributed by atoms with van der Waals surface area (Å²) in [5, 5.41) is 3.01. The van der Waals surface area contributed by atoms with Crippen molar-refractivity contribution in [1.82, 2.24) is 15.1 Å². The molecule has 2 aliphatic heterocycles. The van der Waals surface area contributed by atoms with Crippen LogP contribution in [0, 0.1) is 5.82 Å². The molecule has 0 radical (unpaired) electrons. The van der Waals surface area contributed by atoms with E-state index in [2.05, 4.69) is 44.3 Å². The Balaban J connectivity index is 1.25. The highest BCUT2D eigenvalue weighted by Gasteiger charge is 2.40. The molecular weight excluding hydrogens is 768 g/mol. The minimum absolute atomic E-state index is 0.112. The quantitative estimate of drug-likeness (QED) is 0.115. The normalized spacial score (nSPS) is 19.6. The van der Waals surface area contributed by atoms with Gasteiger partial charge in [0.05, 0.1) is 5.54 Å². The monoisotopic (exact) mass is 823 g/mol. The van der Waals surface area contributed by atoms with Crippen molar-refractivity contribution in [3.05, 3.63) is 107 Å². The highest BCUT2D eigenvalue weighted by Crippen LogP contribution is 2.35. The number of anilines is 2. The van der Waals surface area contributed by atoms with Gasteiger partial charge in [-0.25, -0.2) is 4.39 Å². The molecule has 2 saturated heterocycles. The lowest BCUT2D eigenvalue weighted by Gasteiger charge is -2.38. The van der Waals surface area contributed by atoms with Gasteiger partial charge in [-0.15, -0.1) is 0 Å². The van der Waals surface area contributed by atoms with Crippen molar-refractivity contribution in [1.29, 1.82) is 0 Å². The first kappa shape index (κ1) is 42.5. The highest BCUT2D eigenvalue weighted by atomic mass is 35.6. The van der Waals surface area contributed by atoms with E-state index in [1.165, 1.54) is 82.5 Å². The van der Waals surface area contributed by atoms with Gasteiger partial charge in [-0.3, -0.25) is 9.59 Å². The zero-order valence-corrected chi connectivity index (χ0v) is 34.8. The zero-order valence-electron chi connectivity index (χ0n) is 32.5. The smallest absolute Gasteiger partial charge is 0.272 e. The van der Waals surface area contributed by atoms with E-state index >= 15 is 0 Å². The summed E-state index contributed by atoms with van der Waals surface area (Å²) in [5.41, 5.74) is 3.46. The minimum atomic E-state index is -2.16. The van der Waals surface area contributed by atoms with E-state index in [1.54, 1.807) is 12.1 Å². The van der Waals surface area contributed by atoms with Crippen LogP contribution in [0.4, 0.5) is 15.8 Å². The summed E-state index contributed by atoms with van der Waals surface area (Å²) in [6, 6.07) is 24.0. The average molecular weight is 825 g/mol. The number of benzene rings is 3. The fourth-order valence-corrected chi connectivity index (χ4v) is 8.75. The summed E-state index contributed by atoms with van der Waals surface area (Å²) in [7, 11) is 0. The van der Waals surface area contributed by atoms with Crippen molar-refractivity contribution in [3.8, 4) is 0 Å². The largest absolute Gasteiger partial charge is 0.371 e. The van der Waals surface area contributed by atoms with Crippen LogP contribution in [-0.4, -0.2) is 89.8 Å². The fourth-order valence-electron chi connectivity index (χ4n) is 8.61. The maximum Gasteiger partial charge on any atom is 0.272 e. The van der Waals surface area contributed by atoms with Crippen molar-refractivity contribution in [2.45, 2.75) is 86.4 Å². The number of rotatable bonds is 16. The molecule has 2 amide bonds. The summed E-state index contributed by atoms with van der Waals surface area (Å²) in [6.45, 7) is 9.38. The standard InChI is InChI=1S/C45H57Cl3FN5O2/c46-45(47,48)43(56)50-44(33-36-16-18-39(49)19-17-36)24-10-13-37(34-44)35-54(42(55)38-14-4-1-5-15-38)41-22-20-40(21-23-41)53(31-11-29-51-25-6-2-7-26-51)32-12-30-52-27-8-3-9-28-52/h1,4-5,14-23,34H,2-3,6-13,24-33,35H2,(H,50,56). The van der Waals surface area contributed by atoms with Crippen molar-refractivity contribution in [2.24, 2.45) is 0 Å². The molecule has 1 atom stereocenters. The van der Waals surface area contributed by atoms with Crippen LogP contribution >= 0.6 is 34.8 Å². The summed E-state index contributed by atoms with van der Waals surface area (Å²) < 4.78 is 11.7. The van der Waals surface area contributed by atoms with Gasteiger partial charge < -0.3 is 24.9 Å². The van der Waals surface area contributed by atoms with Gasteiger partial charge in [-0.1, -0.05) is 89.6 Å². The molecule has 0 bridgehead atoms. The molecule has 1 unspecified atom stereocenters. The number of piperidine rings is 2. The van der Waals surface area contributed by atoms with Gasteiger partial charge in [0.15, 0.2) is 0 Å². The molecule has 3 aromatic rings. The van der Waals surface area contributed by atoms with E-state index in [1.807, 2.05) is 41.3 Å². The molecule has 3 aliphatic rings. The first-order valence-electron chi connectivity index (χ1n) is 20.6. The SMILES string of the molecule is O=C(c1ccccc1)N(CC1=CC(Cc2ccc(F)cc2)(NC(=O)C(Cl)(Cl)Cl)CCC1)c1ccc(N(CCCN2CCCCC2)CCCN2CCCCC2)cc1. The van der Waals surface area contributed by atoms with Crippen LogP contribution in [0.3, 0.4) is 0 Å². The molecule has 1 aliphatic carbocycles. The number of nitrogens with zero attached hydrogens (tertiary/aromatic N) is 4. The van der Waals surface area contributed by atoms with Crippen LogP contribution in [0.2, 0.25) is 0 Å². The molecule has 3 aromatic carbocycles. The summed E-state index contributed by atoms with van der Waals surface area (Å²) in [6.07, 6.45) is 14.6. The molecular formula is C45H57Cl3FN5O2. The second kappa shape index (κ2) is 20.5. The minimum Gasteiger partial charge on any atom is -0.371 e.